The number of methoxy groups -OCH3 is 1. The topological polar surface area (TPSA) is 29.5 Å². The number of carbonyl (C=O) groups excluding carboxylic acids is 1. The van der Waals surface area contributed by atoms with Crippen LogP contribution in [0, 0.1) is 0 Å². The number of amides is 1. The van der Waals surface area contributed by atoms with E-state index in [0.29, 0.717) is 14.2 Å². The average Bonchev–Trinajstić information content (AvgIpc) is 2.83. The summed E-state index contributed by atoms with van der Waals surface area (Å²) in [7, 11) is 1.62. The highest BCUT2D eigenvalue weighted by Gasteiger charge is 2.33. The molecular formula is C17H12ClNO2S2. The normalized spacial score (nSPS) is 16.3. The lowest BCUT2D eigenvalue weighted by atomic mass is 10.2. The van der Waals surface area contributed by atoms with Gasteiger partial charge in [-0.05, 0) is 48.0 Å². The Morgan fingerprint density at radius 1 is 1.13 bits per heavy atom. The molecule has 3 nitrogen and oxygen atoms in total. The summed E-state index contributed by atoms with van der Waals surface area (Å²) in [6, 6.07) is 14.5. The van der Waals surface area contributed by atoms with Gasteiger partial charge < -0.3 is 4.74 Å². The minimum atomic E-state index is -0.127. The summed E-state index contributed by atoms with van der Waals surface area (Å²) < 4.78 is 5.64. The third-order valence-electron chi connectivity index (χ3n) is 3.29. The van der Waals surface area contributed by atoms with Gasteiger partial charge in [-0.2, -0.15) is 0 Å². The molecule has 1 heterocycles. The zero-order valence-electron chi connectivity index (χ0n) is 12.2. The van der Waals surface area contributed by atoms with E-state index < -0.39 is 0 Å². The van der Waals surface area contributed by atoms with Crippen LogP contribution in [-0.2, 0) is 4.79 Å². The summed E-state index contributed by atoms with van der Waals surface area (Å²) in [6.07, 6.45) is 1.83. The van der Waals surface area contributed by atoms with Gasteiger partial charge in [-0.1, -0.05) is 47.7 Å². The van der Waals surface area contributed by atoms with E-state index in [-0.39, 0.29) is 5.91 Å². The Morgan fingerprint density at radius 2 is 1.78 bits per heavy atom. The summed E-state index contributed by atoms with van der Waals surface area (Å²) in [5.74, 6) is 0.647. The van der Waals surface area contributed by atoms with Gasteiger partial charge >= 0.3 is 0 Å². The van der Waals surface area contributed by atoms with Crippen molar-refractivity contribution in [2.45, 2.75) is 0 Å². The maximum atomic E-state index is 12.6. The Hall–Kier alpha value is -1.82. The highest BCUT2D eigenvalue weighted by atomic mass is 35.5. The number of ether oxygens (including phenoxy) is 1. The molecule has 23 heavy (non-hydrogen) atoms. The quantitative estimate of drug-likeness (QED) is 0.582. The first-order valence-electron chi connectivity index (χ1n) is 6.76. The van der Waals surface area contributed by atoms with E-state index in [0.717, 1.165) is 17.0 Å². The number of nitrogens with zero attached hydrogens (tertiary/aromatic N) is 1. The van der Waals surface area contributed by atoms with Crippen molar-refractivity contribution < 1.29 is 9.53 Å². The molecule has 1 amide bonds. The van der Waals surface area contributed by atoms with Crippen molar-refractivity contribution in [3.05, 3.63) is 64.0 Å². The molecule has 0 bridgehead atoms. The van der Waals surface area contributed by atoms with Gasteiger partial charge in [0.15, 0.2) is 4.32 Å². The zero-order chi connectivity index (χ0) is 16.4. The summed E-state index contributed by atoms with van der Waals surface area (Å²) in [6.45, 7) is 0. The number of thiocarbonyl (C=S) groups is 1. The SMILES string of the molecule is COc1ccc(C=C2SC(=S)N(c3ccc(Cl)cc3)C2=O)cc1. The predicted molar refractivity (Wildman–Crippen MR) is 100 cm³/mol. The molecule has 0 N–H and O–H groups in total. The van der Waals surface area contributed by atoms with Gasteiger partial charge in [0.2, 0.25) is 0 Å². The van der Waals surface area contributed by atoms with E-state index in [1.165, 1.54) is 16.7 Å². The Morgan fingerprint density at radius 3 is 2.39 bits per heavy atom. The van der Waals surface area contributed by atoms with Crippen LogP contribution in [-0.4, -0.2) is 17.3 Å². The van der Waals surface area contributed by atoms with Crippen molar-refractivity contribution >= 4 is 57.6 Å². The lowest BCUT2D eigenvalue weighted by Gasteiger charge is -2.14. The number of benzene rings is 2. The third-order valence-corrected chi connectivity index (χ3v) is 4.85. The first-order valence-corrected chi connectivity index (χ1v) is 8.36. The number of hydrogen-bond acceptors (Lipinski definition) is 4. The maximum Gasteiger partial charge on any atom is 0.270 e. The molecule has 1 aliphatic heterocycles. The molecule has 2 aromatic carbocycles. The van der Waals surface area contributed by atoms with Crippen LogP contribution in [0.2, 0.25) is 5.02 Å². The predicted octanol–water partition coefficient (Wildman–Crippen LogP) is 4.75. The first-order chi connectivity index (χ1) is 11.1. The molecule has 0 unspecified atom stereocenters. The van der Waals surface area contributed by atoms with E-state index in [1.54, 1.807) is 31.4 Å². The Bertz CT molecular complexity index is 785. The molecule has 1 saturated heterocycles. The van der Waals surface area contributed by atoms with Gasteiger partial charge in [-0.25, -0.2) is 0 Å². The monoisotopic (exact) mass is 361 g/mol. The van der Waals surface area contributed by atoms with Gasteiger partial charge in [0, 0.05) is 5.02 Å². The molecule has 0 radical (unpaired) electrons. The highest BCUT2D eigenvalue weighted by molar-refractivity contribution is 8.27. The van der Waals surface area contributed by atoms with Crippen molar-refractivity contribution in [3.63, 3.8) is 0 Å². The highest BCUT2D eigenvalue weighted by Crippen LogP contribution is 2.36. The lowest BCUT2D eigenvalue weighted by Crippen LogP contribution is -2.27. The van der Waals surface area contributed by atoms with E-state index in [2.05, 4.69) is 0 Å². The number of halogens is 1. The Balaban J connectivity index is 1.88. The maximum absolute atomic E-state index is 12.6. The van der Waals surface area contributed by atoms with Crippen molar-refractivity contribution in [1.29, 1.82) is 0 Å². The average molecular weight is 362 g/mol. The number of thioether (sulfide) groups is 1. The summed E-state index contributed by atoms with van der Waals surface area (Å²) in [4.78, 5) is 14.7. The Kier molecular flexibility index (Phi) is 4.71. The van der Waals surface area contributed by atoms with E-state index in [1.807, 2.05) is 30.3 Å². The van der Waals surface area contributed by atoms with Crippen LogP contribution < -0.4 is 9.64 Å². The minimum absolute atomic E-state index is 0.127. The first kappa shape index (κ1) is 16.1. The molecule has 0 aliphatic carbocycles. The van der Waals surface area contributed by atoms with Gasteiger partial charge in [0.1, 0.15) is 5.75 Å². The molecule has 0 spiro atoms. The smallest absolute Gasteiger partial charge is 0.270 e. The summed E-state index contributed by atoms with van der Waals surface area (Å²) in [5, 5.41) is 0.618. The zero-order valence-corrected chi connectivity index (χ0v) is 14.5. The fourth-order valence-electron chi connectivity index (χ4n) is 2.13. The number of carbonyl (C=O) groups is 1. The van der Waals surface area contributed by atoms with E-state index in [9.17, 15) is 4.79 Å². The van der Waals surface area contributed by atoms with Crippen LogP contribution in [0.5, 0.6) is 5.75 Å². The summed E-state index contributed by atoms with van der Waals surface area (Å²) in [5.41, 5.74) is 1.64. The molecule has 0 saturated carbocycles. The van der Waals surface area contributed by atoms with Crippen LogP contribution >= 0.6 is 35.6 Å². The van der Waals surface area contributed by atoms with E-state index in [4.69, 9.17) is 28.6 Å². The molecule has 1 aliphatic rings. The van der Waals surface area contributed by atoms with Crippen molar-refractivity contribution in [3.8, 4) is 5.75 Å². The summed E-state index contributed by atoms with van der Waals surface area (Å²) >= 11 is 12.5. The minimum Gasteiger partial charge on any atom is -0.497 e. The number of anilines is 1. The largest absolute Gasteiger partial charge is 0.497 e. The molecule has 0 atom stereocenters. The molecule has 3 rings (SSSR count). The second-order valence-corrected chi connectivity index (χ2v) is 6.88. The van der Waals surface area contributed by atoms with Gasteiger partial charge in [-0.3, -0.25) is 9.69 Å². The fourth-order valence-corrected chi connectivity index (χ4v) is 3.56. The molecular weight excluding hydrogens is 350 g/mol. The third kappa shape index (κ3) is 3.42. The van der Waals surface area contributed by atoms with Crippen molar-refractivity contribution in [2.75, 3.05) is 12.0 Å². The molecule has 1 fully saturated rings. The van der Waals surface area contributed by atoms with Gasteiger partial charge in [0.25, 0.3) is 5.91 Å². The standard InChI is InChI=1S/C17H12ClNO2S2/c1-21-14-8-2-11(3-9-14)10-15-16(20)19(17(22)23-15)13-6-4-12(18)5-7-13/h2-10H,1H3. The van der Waals surface area contributed by atoms with Crippen molar-refractivity contribution in [2.24, 2.45) is 0 Å². The number of hydrogen-bond donors (Lipinski definition) is 0. The van der Waals surface area contributed by atoms with Crippen LogP contribution in [0.25, 0.3) is 6.08 Å². The molecule has 2 aromatic rings. The van der Waals surface area contributed by atoms with Crippen molar-refractivity contribution in [1.82, 2.24) is 0 Å². The lowest BCUT2D eigenvalue weighted by molar-refractivity contribution is -0.113. The second kappa shape index (κ2) is 6.74. The van der Waals surface area contributed by atoms with E-state index >= 15 is 0 Å². The molecule has 0 aromatic heterocycles. The fraction of sp³-hybridized carbons (Fsp3) is 0.0588. The second-order valence-electron chi connectivity index (χ2n) is 4.77. The molecule has 6 heteroatoms. The van der Waals surface area contributed by atoms with Crippen LogP contribution in [0.4, 0.5) is 5.69 Å². The van der Waals surface area contributed by atoms with Crippen LogP contribution in [0.1, 0.15) is 5.56 Å². The van der Waals surface area contributed by atoms with Crippen LogP contribution in [0.15, 0.2) is 53.4 Å². The number of rotatable bonds is 3. The molecule has 116 valence electrons. The van der Waals surface area contributed by atoms with Gasteiger partial charge in [-0.15, -0.1) is 0 Å². The van der Waals surface area contributed by atoms with Crippen LogP contribution in [0.3, 0.4) is 0 Å². The Labute approximate surface area is 148 Å². The van der Waals surface area contributed by atoms with Gasteiger partial charge in [0.05, 0.1) is 17.7 Å².